The van der Waals surface area contributed by atoms with E-state index >= 15 is 0 Å². The van der Waals surface area contributed by atoms with E-state index in [0.717, 1.165) is 0 Å². The monoisotopic (exact) mass is 369 g/mol. The smallest absolute Gasteiger partial charge is 0.264 e. The second-order valence-corrected chi connectivity index (χ2v) is 5.83. The molecule has 0 saturated heterocycles. The summed E-state index contributed by atoms with van der Waals surface area (Å²) in [4.78, 5) is 31.3. The highest BCUT2D eigenvalue weighted by atomic mass is 35.5. The SMILES string of the molecule is CCOc1ccc(NC(=O)c2cnc(-c3ccc(Cl)cc3)[nH]c2=O)cc1. The third-order valence-corrected chi connectivity index (χ3v) is 3.84. The Labute approximate surface area is 154 Å². The van der Waals surface area contributed by atoms with E-state index in [1.807, 2.05) is 6.92 Å². The number of amides is 1. The molecule has 0 unspecified atom stereocenters. The molecule has 0 atom stereocenters. The topological polar surface area (TPSA) is 84.1 Å². The molecular formula is C19H16ClN3O3. The second-order valence-electron chi connectivity index (χ2n) is 5.39. The molecule has 0 bridgehead atoms. The summed E-state index contributed by atoms with van der Waals surface area (Å²) < 4.78 is 5.35. The van der Waals surface area contributed by atoms with Gasteiger partial charge >= 0.3 is 0 Å². The molecule has 1 aromatic heterocycles. The van der Waals surface area contributed by atoms with Crippen LogP contribution in [0.4, 0.5) is 5.69 Å². The minimum absolute atomic E-state index is 0.0726. The predicted molar refractivity (Wildman–Crippen MR) is 101 cm³/mol. The normalized spacial score (nSPS) is 10.4. The van der Waals surface area contributed by atoms with Gasteiger partial charge in [0.15, 0.2) is 0 Å². The fraction of sp³-hybridized carbons (Fsp3) is 0.105. The number of carbonyl (C=O) groups is 1. The number of nitrogens with one attached hydrogen (secondary N) is 2. The van der Waals surface area contributed by atoms with Gasteiger partial charge in [0.1, 0.15) is 17.1 Å². The first-order valence-corrected chi connectivity index (χ1v) is 8.34. The number of ether oxygens (including phenoxy) is 1. The van der Waals surface area contributed by atoms with Crippen LogP contribution in [0.2, 0.25) is 5.02 Å². The Morgan fingerprint density at radius 1 is 1.15 bits per heavy atom. The number of hydrogen-bond donors (Lipinski definition) is 2. The number of anilines is 1. The van der Waals surface area contributed by atoms with E-state index in [1.54, 1.807) is 48.5 Å². The Morgan fingerprint density at radius 2 is 1.85 bits per heavy atom. The Hall–Kier alpha value is -3.12. The van der Waals surface area contributed by atoms with Gasteiger partial charge in [-0.15, -0.1) is 0 Å². The van der Waals surface area contributed by atoms with Crippen LogP contribution in [0.3, 0.4) is 0 Å². The number of carbonyl (C=O) groups excluding carboxylic acids is 1. The van der Waals surface area contributed by atoms with Crippen molar-refractivity contribution in [3.8, 4) is 17.1 Å². The number of benzene rings is 2. The van der Waals surface area contributed by atoms with E-state index in [0.29, 0.717) is 34.5 Å². The summed E-state index contributed by atoms with van der Waals surface area (Å²) in [6.45, 7) is 2.45. The van der Waals surface area contributed by atoms with Gasteiger partial charge in [0, 0.05) is 22.5 Å². The summed E-state index contributed by atoms with van der Waals surface area (Å²) in [5.41, 5.74) is 0.662. The van der Waals surface area contributed by atoms with Crippen molar-refractivity contribution in [1.82, 2.24) is 9.97 Å². The van der Waals surface area contributed by atoms with E-state index in [9.17, 15) is 9.59 Å². The van der Waals surface area contributed by atoms with Crippen molar-refractivity contribution >= 4 is 23.2 Å². The van der Waals surface area contributed by atoms with E-state index in [2.05, 4.69) is 15.3 Å². The van der Waals surface area contributed by atoms with Crippen molar-refractivity contribution in [2.45, 2.75) is 6.92 Å². The molecule has 7 heteroatoms. The van der Waals surface area contributed by atoms with Crippen molar-refractivity contribution in [3.63, 3.8) is 0 Å². The van der Waals surface area contributed by atoms with E-state index < -0.39 is 11.5 Å². The molecule has 1 amide bonds. The Morgan fingerprint density at radius 3 is 2.46 bits per heavy atom. The van der Waals surface area contributed by atoms with Crippen molar-refractivity contribution in [3.05, 3.63) is 75.7 Å². The van der Waals surface area contributed by atoms with E-state index in [4.69, 9.17) is 16.3 Å². The number of halogens is 1. The molecular weight excluding hydrogens is 354 g/mol. The highest BCUT2D eigenvalue weighted by molar-refractivity contribution is 6.30. The maximum atomic E-state index is 12.3. The van der Waals surface area contributed by atoms with E-state index in [-0.39, 0.29) is 5.56 Å². The van der Waals surface area contributed by atoms with Gasteiger partial charge in [0.05, 0.1) is 6.61 Å². The summed E-state index contributed by atoms with van der Waals surface area (Å²) >= 11 is 5.85. The Bertz CT molecular complexity index is 967. The van der Waals surface area contributed by atoms with Crippen molar-refractivity contribution in [2.24, 2.45) is 0 Å². The van der Waals surface area contributed by atoms with Gasteiger partial charge in [-0.2, -0.15) is 0 Å². The fourth-order valence-electron chi connectivity index (χ4n) is 2.31. The standard InChI is InChI=1S/C19H16ClN3O3/c1-2-26-15-9-7-14(8-10-15)22-18(24)16-11-21-17(23-19(16)25)12-3-5-13(20)6-4-12/h3-11H,2H2,1H3,(H,22,24)(H,21,23,25). The van der Waals surface area contributed by atoms with Gasteiger partial charge in [0.25, 0.3) is 11.5 Å². The second kappa shape index (κ2) is 7.84. The summed E-state index contributed by atoms with van der Waals surface area (Å²) in [5.74, 6) is 0.534. The molecule has 6 nitrogen and oxygen atoms in total. The number of aromatic nitrogens is 2. The molecule has 26 heavy (non-hydrogen) atoms. The predicted octanol–water partition coefficient (Wildman–Crippen LogP) is 3.74. The number of hydrogen-bond acceptors (Lipinski definition) is 4. The highest BCUT2D eigenvalue weighted by Crippen LogP contribution is 2.18. The number of H-pyrrole nitrogens is 1. The Balaban J connectivity index is 1.77. The summed E-state index contributed by atoms with van der Waals surface area (Å²) in [7, 11) is 0. The molecule has 2 N–H and O–H groups in total. The number of aromatic amines is 1. The van der Waals surface area contributed by atoms with Crippen LogP contribution in [-0.2, 0) is 0 Å². The number of nitrogens with zero attached hydrogens (tertiary/aromatic N) is 1. The van der Waals surface area contributed by atoms with Crippen molar-refractivity contribution in [2.75, 3.05) is 11.9 Å². The molecule has 0 fully saturated rings. The third kappa shape index (κ3) is 4.10. The molecule has 3 rings (SSSR count). The van der Waals surface area contributed by atoms with Crippen LogP contribution >= 0.6 is 11.6 Å². The minimum atomic E-state index is -0.537. The quantitative estimate of drug-likeness (QED) is 0.717. The van der Waals surface area contributed by atoms with Gasteiger partial charge in [0.2, 0.25) is 0 Å². The molecule has 1 heterocycles. The summed E-state index contributed by atoms with van der Waals surface area (Å²) in [5, 5.41) is 3.25. The van der Waals surface area contributed by atoms with Gasteiger partial charge in [-0.05, 0) is 55.5 Å². The molecule has 3 aromatic rings. The van der Waals surface area contributed by atoms with Crippen LogP contribution < -0.4 is 15.6 Å². The average molecular weight is 370 g/mol. The first kappa shape index (κ1) is 17.7. The molecule has 0 spiro atoms. The van der Waals surface area contributed by atoms with Gasteiger partial charge < -0.3 is 15.0 Å². The van der Waals surface area contributed by atoms with Crippen LogP contribution in [0.1, 0.15) is 17.3 Å². The van der Waals surface area contributed by atoms with Crippen LogP contribution in [-0.4, -0.2) is 22.5 Å². The lowest BCUT2D eigenvalue weighted by Crippen LogP contribution is -2.24. The molecule has 0 radical (unpaired) electrons. The van der Waals surface area contributed by atoms with Crippen molar-refractivity contribution < 1.29 is 9.53 Å². The van der Waals surface area contributed by atoms with Gasteiger partial charge in [-0.3, -0.25) is 9.59 Å². The highest BCUT2D eigenvalue weighted by Gasteiger charge is 2.13. The summed E-state index contributed by atoms with van der Waals surface area (Å²) in [6.07, 6.45) is 1.26. The average Bonchev–Trinajstić information content (AvgIpc) is 2.64. The first-order valence-electron chi connectivity index (χ1n) is 7.96. The van der Waals surface area contributed by atoms with Crippen LogP contribution in [0.15, 0.2) is 59.5 Å². The Kier molecular flexibility index (Phi) is 5.34. The number of rotatable bonds is 5. The molecule has 0 aliphatic carbocycles. The molecule has 0 aliphatic heterocycles. The van der Waals surface area contributed by atoms with E-state index in [1.165, 1.54) is 6.20 Å². The largest absolute Gasteiger partial charge is 0.494 e. The lowest BCUT2D eigenvalue weighted by molar-refractivity contribution is 0.102. The fourth-order valence-corrected chi connectivity index (χ4v) is 2.44. The van der Waals surface area contributed by atoms with Crippen molar-refractivity contribution in [1.29, 1.82) is 0 Å². The summed E-state index contributed by atoms with van der Waals surface area (Å²) in [6, 6.07) is 13.8. The zero-order chi connectivity index (χ0) is 18.5. The zero-order valence-corrected chi connectivity index (χ0v) is 14.7. The molecule has 0 aliphatic rings. The molecule has 132 valence electrons. The van der Waals surface area contributed by atoms with Crippen LogP contribution in [0, 0.1) is 0 Å². The van der Waals surface area contributed by atoms with Gasteiger partial charge in [-0.25, -0.2) is 4.98 Å². The third-order valence-electron chi connectivity index (χ3n) is 3.58. The molecule has 2 aromatic carbocycles. The van der Waals surface area contributed by atoms with Crippen LogP contribution in [0.25, 0.3) is 11.4 Å². The maximum Gasteiger partial charge on any atom is 0.264 e. The van der Waals surface area contributed by atoms with Gasteiger partial charge in [-0.1, -0.05) is 11.6 Å². The lowest BCUT2D eigenvalue weighted by atomic mass is 10.2. The zero-order valence-electron chi connectivity index (χ0n) is 14.0. The van der Waals surface area contributed by atoms with Crippen LogP contribution in [0.5, 0.6) is 5.75 Å². The molecule has 0 saturated carbocycles. The lowest BCUT2D eigenvalue weighted by Gasteiger charge is -2.07. The minimum Gasteiger partial charge on any atom is -0.494 e. The maximum absolute atomic E-state index is 12.3. The first-order chi connectivity index (χ1) is 12.6.